The maximum absolute atomic E-state index is 12.0. The maximum Gasteiger partial charge on any atom is 0.338 e. The number of rotatable bonds is 5. The van der Waals surface area contributed by atoms with Crippen LogP contribution in [0.15, 0.2) is 42.5 Å². The van der Waals surface area contributed by atoms with Crippen molar-refractivity contribution < 1.29 is 23.8 Å². The van der Waals surface area contributed by atoms with Gasteiger partial charge in [-0.05, 0) is 65.4 Å². The Labute approximate surface area is 158 Å². The predicted molar refractivity (Wildman–Crippen MR) is 98.6 cm³/mol. The molecule has 0 saturated carbocycles. The van der Waals surface area contributed by atoms with Gasteiger partial charge in [0.2, 0.25) is 6.79 Å². The van der Waals surface area contributed by atoms with Crippen molar-refractivity contribution in [1.29, 1.82) is 0 Å². The average molecular weight is 453 g/mol. The fraction of sp³-hybridized carbons (Fsp3) is 0.222. The van der Waals surface area contributed by atoms with Gasteiger partial charge in [-0.15, -0.1) is 0 Å². The number of nitrogens with one attached hydrogen (secondary N) is 1. The van der Waals surface area contributed by atoms with Crippen LogP contribution in [0.5, 0.6) is 11.5 Å². The second-order valence-corrected chi connectivity index (χ2v) is 6.73. The van der Waals surface area contributed by atoms with E-state index in [1.165, 1.54) is 0 Å². The molecule has 1 N–H and O–H groups in total. The number of halogens is 1. The molecular weight excluding hydrogens is 437 g/mol. The molecule has 0 bridgehead atoms. The number of hydrogen-bond acceptors (Lipinski definition) is 5. The number of ether oxygens (including phenoxy) is 3. The molecule has 2 aromatic rings. The third kappa shape index (κ3) is 4.41. The van der Waals surface area contributed by atoms with Gasteiger partial charge in [-0.1, -0.05) is 12.1 Å². The van der Waals surface area contributed by atoms with Crippen LogP contribution in [-0.4, -0.2) is 25.3 Å². The van der Waals surface area contributed by atoms with Crippen molar-refractivity contribution in [2.75, 3.05) is 13.4 Å². The zero-order valence-electron chi connectivity index (χ0n) is 13.5. The Morgan fingerprint density at radius 1 is 1.20 bits per heavy atom. The van der Waals surface area contributed by atoms with Crippen LogP contribution >= 0.6 is 22.6 Å². The molecule has 0 spiro atoms. The average Bonchev–Trinajstić information content (AvgIpc) is 3.07. The molecule has 0 radical (unpaired) electrons. The summed E-state index contributed by atoms with van der Waals surface area (Å²) >= 11 is 2.11. The van der Waals surface area contributed by atoms with E-state index in [4.69, 9.17) is 14.2 Å². The molecule has 1 amide bonds. The van der Waals surface area contributed by atoms with Gasteiger partial charge in [0.15, 0.2) is 18.1 Å². The molecule has 1 aliphatic rings. The Balaban J connectivity index is 1.53. The monoisotopic (exact) mass is 453 g/mol. The number of esters is 1. The smallest absolute Gasteiger partial charge is 0.338 e. The molecule has 130 valence electrons. The van der Waals surface area contributed by atoms with Crippen LogP contribution < -0.4 is 14.8 Å². The minimum Gasteiger partial charge on any atom is -0.454 e. The van der Waals surface area contributed by atoms with Gasteiger partial charge in [0.25, 0.3) is 5.91 Å². The summed E-state index contributed by atoms with van der Waals surface area (Å²) in [5, 5.41) is 2.79. The lowest BCUT2D eigenvalue weighted by atomic mass is 10.1. The van der Waals surface area contributed by atoms with E-state index in [1.54, 1.807) is 24.3 Å². The van der Waals surface area contributed by atoms with Gasteiger partial charge in [-0.25, -0.2) is 4.79 Å². The quantitative estimate of drug-likeness (QED) is 0.557. The highest BCUT2D eigenvalue weighted by molar-refractivity contribution is 14.1. The van der Waals surface area contributed by atoms with E-state index in [0.717, 1.165) is 9.13 Å². The molecule has 25 heavy (non-hydrogen) atoms. The Morgan fingerprint density at radius 3 is 2.80 bits per heavy atom. The molecule has 7 heteroatoms. The van der Waals surface area contributed by atoms with Crippen LogP contribution in [0.4, 0.5) is 0 Å². The topological polar surface area (TPSA) is 73.9 Å². The zero-order chi connectivity index (χ0) is 17.8. The van der Waals surface area contributed by atoms with Crippen LogP contribution in [0.25, 0.3) is 0 Å². The minimum atomic E-state index is -0.524. The first-order chi connectivity index (χ1) is 12.0. The summed E-state index contributed by atoms with van der Waals surface area (Å²) in [4.78, 5) is 24.0. The van der Waals surface area contributed by atoms with Gasteiger partial charge < -0.3 is 19.5 Å². The fourth-order valence-corrected chi connectivity index (χ4v) is 2.92. The van der Waals surface area contributed by atoms with E-state index in [9.17, 15) is 9.59 Å². The molecular formula is C18H16INO5. The van der Waals surface area contributed by atoms with Gasteiger partial charge in [-0.2, -0.15) is 0 Å². The number of fused-ring (bicyclic) bond motifs is 1. The standard InChI is InChI=1S/C18H16INO5/c1-11(12-5-6-15-16(8-12)25-10-24-15)20-17(21)9-23-18(22)13-3-2-4-14(19)7-13/h2-8,11H,9-10H2,1H3,(H,20,21). The highest BCUT2D eigenvalue weighted by atomic mass is 127. The second-order valence-electron chi connectivity index (χ2n) is 5.49. The zero-order valence-corrected chi connectivity index (χ0v) is 15.6. The number of amides is 1. The Bertz CT molecular complexity index is 808. The van der Waals surface area contributed by atoms with Crippen LogP contribution in [-0.2, 0) is 9.53 Å². The van der Waals surface area contributed by atoms with E-state index in [-0.39, 0.29) is 25.3 Å². The Kier molecular flexibility index (Phi) is 5.42. The van der Waals surface area contributed by atoms with E-state index in [1.807, 2.05) is 25.1 Å². The lowest BCUT2D eigenvalue weighted by Crippen LogP contribution is -2.31. The molecule has 0 saturated heterocycles. The van der Waals surface area contributed by atoms with E-state index >= 15 is 0 Å². The number of benzene rings is 2. The van der Waals surface area contributed by atoms with Crippen molar-refractivity contribution in [3.8, 4) is 11.5 Å². The lowest BCUT2D eigenvalue weighted by Gasteiger charge is -2.15. The summed E-state index contributed by atoms with van der Waals surface area (Å²) in [6.07, 6.45) is 0. The van der Waals surface area contributed by atoms with Gasteiger partial charge in [0.1, 0.15) is 0 Å². The highest BCUT2D eigenvalue weighted by Gasteiger charge is 2.17. The summed E-state index contributed by atoms with van der Waals surface area (Å²) < 4.78 is 16.6. The maximum atomic E-state index is 12.0. The molecule has 0 aromatic heterocycles. The van der Waals surface area contributed by atoms with Gasteiger partial charge >= 0.3 is 5.97 Å². The van der Waals surface area contributed by atoms with Gasteiger partial charge in [-0.3, -0.25) is 4.79 Å². The van der Waals surface area contributed by atoms with E-state index in [2.05, 4.69) is 27.9 Å². The Morgan fingerprint density at radius 2 is 2.00 bits per heavy atom. The van der Waals surface area contributed by atoms with Crippen molar-refractivity contribution in [3.05, 3.63) is 57.2 Å². The summed E-state index contributed by atoms with van der Waals surface area (Å²) in [6.45, 7) is 1.71. The van der Waals surface area contributed by atoms with Crippen molar-refractivity contribution in [1.82, 2.24) is 5.32 Å². The summed E-state index contributed by atoms with van der Waals surface area (Å²) in [5.41, 5.74) is 1.30. The minimum absolute atomic E-state index is 0.202. The second kappa shape index (κ2) is 7.73. The molecule has 2 aromatic carbocycles. The summed E-state index contributed by atoms with van der Waals surface area (Å²) in [5.74, 6) is 0.450. The first-order valence-corrected chi connectivity index (χ1v) is 8.72. The third-order valence-electron chi connectivity index (χ3n) is 3.67. The molecule has 6 nitrogen and oxygen atoms in total. The highest BCUT2D eigenvalue weighted by Crippen LogP contribution is 2.34. The van der Waals surface area contributed by atoms with Crippen LogP contribution in [0.1, 0.15) is 28.9 Å². The normalized spacial score (nSPS) is 13.2. The molecule has 0 aliphatic carbocycles. The van der Waals surface area contributed by atoms with Crippen LogP contribution in [0.3, 0.4) is 0 Å². The first kappa shape index (κ1) is 17.5. The van der Waals surface area contributed by atoms with Gasteiger partial charge in [0.05, 0.1) is 11.6 Å². The molecule has 1 heterocycles. The number of carbonyl (C=O) groups excluding carboxylic acids is 2. The van der Waals surface area contributed by atoms with Crippen LogP contribution in [0.2, 0.25) is 0 Å². The predicted octanol–water partition coefficient (Wildman–Crippen LogP) is 3.05. The van der Waals surface area contributed by atoms with Crippen molar-refractivity contribution >= 4 is 34.5 Å². The van der Waals surface area contributed by atoms with Crippen LogP contribution in [0, 0.1) is 3.57 Å². The largest absolute Gasteiger partial charge is 0.454 e. The fourth-order valence-electron chi connectivity index (χ4n) is 2.38. The Hall–Kier alpha value is -2.29. The molecule has 1 aliphatic heterocycles. The lowest BCUT2D eigenvalue weighted by molar-refractivity contribution is -0.124. The summed E-state index contributed by atoms with van der Waals surface area (Å²) in [6, 6.07) is 12.2. The summed E-state index contributed by atoms with van der Waals surface area (Å²) in [7, 11) is 0. The van der Waals surface area contributed by atoms with Crippen molar-refractivity contribution in [2.45, 2.75) is 13.0 Å². The molecule has 1 atom stereocenters. The third-order valence-corrected chi connectivity index (χ3v) is 4.34. The van der Waals surface area contributed by atoms with Crippen molar-refractivity contribution in [2.24, 2.45) is 0 Å². The van der Waals surface area contributed by atoms with Crippen molar-refractivity contribution in [3.63, 3.8) is 0 Å². The first-order valence-electron chi connectivity index (χ1n) is 7.64. The number of carbonyl (C=O) groups is 2. The van der Waals surface area contributed by atoms with E-state index in [0.29, 0.717) is 17.1 Å². The molecule has 3 rings (SSSR count). The SMILES string of the molecule is CC(NC(=O)COC(=O)c1cccc(I)c1)c1ccc2c(c1)OCO2. The van der Waals surface area contributed by atoms with E-state index < -0.39 is 5.97 Å². The van der Waals surface area contributed by atoms with Gasteiger partial charge in [0, 0.05) is 3.57 Å². The number of hydrogen-bond donors (Lipinski definition) is 1. The molecule has 0 fully saturated rings. The molecule has 1 unspecified atom stereocenters.